The number of halogens is 3. The molecule has 0 radical (unpaired) electrons. The maximum absolute atomic E-state index is 12.8. The quantitative estimate of drug-likeness (QED) is 0.598. The molecule has 0 aliphatic carbocycles. The molecule has 1 amide bonds. The van der Waals surface area contributed by atoms with Gasteiger partial charge in [0.1, 0.15) is 9.88 Å². The second-order valence-electron chi connectivity index (χ2n) is 6.58. The smallest absolute Gasteiger partial charge is 0.435 e. The molecule has 31 heavy (non-hydrogen) atoms. The summed E-state index contributed by atoms with van der Waals surface area (Å²) in [6.45, 7) is 4.87. The highest BCUT2D eigenvalue weighted by atomic mass is 32.1. The largest absolute Gasteiger partial charge is 0.465 e. The molecule has 0 fully saturated rings. The van der Waals surface area contributed by atoms with E-state index < -0.39 is 29.7 Å². The van der Waals surface area contributed by atoms with E-state index in [1.165, 1.54) is 21.0 Å². The number of carbonyl (C=O) groups excluding carboxylic acids is 3. The zero-order chi connectivity index (χ0) is 23.3. The van der Waals surface area contributed by atoms with Gasteiger partial charge in [-0.1, -0.05) is 6.92 Å². The fraction of sp³-hybridized carbons (Fsp3) is 0.474. The van der Waals surface area contributed by atoms with Crippen molar-refractivity contribution in [3.63, 3.8) is 0 Å². The third kappa shape index (κ3) is 5.84. The van der Waals surface area contributed by atoms with Crippen LogP contribution in [0, 0.1) is 13.8 Å². The van der Waals surface area contributed by atoms with Crippen LogP contribution in [-0.4, -0.2) is 41.3 Å². The van der Waals surface area contributed by atoms with Crippen LogP contribution in [0.2, 0.25) is 0 Å². The molecule has 2 rings (SSSR count). The Hall–Kier alpha value is -2.89. The van der Waals surface area contributed by atoms with E-state index in [1.807, 2.05) is 6.92 Å². The predicted octanol–water partition coefficient (Wildman–Crippen LogP) is 3.96. The first-order valence-corrected chi connectivity index (χ1v) is 10.1. The fourth-order valence-electron chi connectivity index (χ4n) is 2.67. The lowest BCUT2D eigenvalue weighted by Gasteiger charge is -2.08. The van der Waals surface area contributed by atoms with Gasteiger partial charge in [-0.3, -0.25) is 9.48 Å². The van der Waals surface area contributed by atoms with Crippen LogP contribution in [0.5, 0.6) is 0 Å². The average molecular weight is 461 g/mol. The molecule has 0 spiro atoms. The molecular weight excluding hydrogens is 439 g/mol. The van der Waals surface area contributed by atoms with Gasteiger partial charge in [-0.2, -0.15) is 18.3 Å². The summed E-state index contributed by atoms with van der Waals surface area (Å²) in [6.07, 6.45) is -4.19. The third-order valence-electron chi connectivity index (χ3n) is 4.23. The van der Waals surface area contributed by atoms with E-state index in [1.54, 1.807) is 0 Å². The van der Waals surface area contributed by atoms with Crippen LogP contribution < -0.4 is 5.32 Å². The lowest BCUT2D eigenvalue weighted by atomic mass is 10.1. The number of thiophene rings is 1. The number of ether oxygens (including phenoxy) is 2. The molecule has 0 bridgehead atoms. The van der Waals surface area contributed by atoms with Gasteiger partial charge in [0, 0.05) is 18.7 Å². The average Bonchev–Trinajstić information content (AvgIpc) is 3.23. The lowest BCUT2D eigenvalue weighted by molar-refractivity contribution is -0.141. The van der Waals surface area contributed by atoms with Gasteiger partial charge in [0.2, 0.25) is 5.91 Å². The second kappa shape index (κ2) is 9.94. The van der Waals surface area contributed by atoms with Crippen molar-refractivity contribution >= 4 is 34.2 Å². The Morgan fingerprint density at radius 2 is 1.90 bits per heavy atom. The predicted molar refractivity (Wildman–Crippen MR) is 106 cm³/mol. The molecule has 2 aromatic heterocycles. The molecule has 2 aromatic rings. The highest BCUT2D eigenvalue weighted by Gasteiger charge is 2.34. The molecule has 2 heterocycles. The van der Waals surface area contributed by atoms with Crippen molar-refractivity contribution in [3.8, 4) is 0 Å². The number of hydrogen-bond acceptors (Lipinski definition) is 7. The molecule has 0 atom stereocenters. The Bertz CT molecular complexity index is 981. The van der Waals surface area contributed by atoms with Crippen molar-refractivity contribution in [2.45, 2.75) is 46.3 Å². The van der Waals surface area contributed by atoms with Crippen molar-refractivity contribution in [1.82, 2.24) is 9.78 Å². The number of aromatic nitrogens is 2. The summed E-state index contributed by atoms with van der Waals surface area (Å²) in [4.78, 5) is 37.0. The lowest BCUT2D eigenvalue weighted by Crippen LogP contribution is -2.17. The van der Waals surface area contributed by atoms with Crippen LogP contribution in [0.3, 0.4) is 0 Å². The minimum absolute atomic E-state index is 0.0434. The van der Waals surface area contributed by atoms with E-state index in [0.717, 1.165) is 22.1 Å². The van der Waals surface area contributed by atoms with E-state index >= 15 is 0 Å². The van der Waals surface area contributed by atoms with Gasteiger partial charge in [0.25, 0.3) is 0 Å². The van der Waals surface area contributed by atoms with E-state index in [4.69, 9.17) is 9.47 Å². The SMILES string of the molecule is CCCOC(=O)c1c(NC(=O)CCn2nc(C(F)(F)F)cc2C)sc(C(=O)OC)c1C. The Morgan fingerprint density at radius 1 is 1.23 bits per heavy atom. The van der Waals surface area contributed by atoms with Gasteiger partial charge in [0.05, 0.1) is 19.3 Å². The molecular formula is C19H22F3N3O5S. The fourth-order valence-corrected chi connectivity index (χ4v) is 3.80. The molecule has 0 aromatic carbocycles. The number of methoxy groups -OCH3 is 1. The standard InChI is InChI=1S/C19H22F3N3O5S/c1-5-8-30-17(27)14-11(3)15(18(28)29-4)31-16(14)23-13(26)6-7-25-10(2)9-12(24-25)19(20,21)22/h9H,5-8H2,1-4H3,(H,23,26). The van der Waals surface area contributed by atoms with E-state index in [-0.39, 0.29) is 40.7 Å². The monoisotopic (exact) mass is 461 g/mol. The van der Waals surface area contributed by atoms with Gasteiger partial charge in [-0.15, -0.1) is 11.3 Å². The maximum Gasteiger partial charge on any atom is 0.435 e. The molecule has 8 nitrogen and oxygen atoms in total. The van der Waals surface area contributed by atoms with Crippen LogP contribution in [0.15, 0.2) is 6.07 Å². The normalized spacial score (nSPS) is 11.3. The number of hydrogen-bond donors (Lipinski definition) is 1. The summed E-state index contributed by atoms with van der Waals surface area (Å²) in [6, 6.07) is 0.894. The summed E-state index contributed by atoms with van der Waals surface area (Å²) in [7, 11) is 1.19. The molecule has 1 N–H and O–H groups in total. The highest BCUT2D eigenvalue weighted by Crippen LogP contribution is 2.34. The number of rotatable bonds is 8. The third-order valence-corrected chi connectivity index (χ3v) is 5.42. The van der Waals surface area contributed by atoms with Crippen molar-refractivity contribution in [2.75, 3.05) is 19.0 Å². The zero-order valence-electron chi connectivity index (χ0n) is 17.4. The van der Waals surface area contributed by atoms with Crippen LogP contribution in [0.25, 0.3) is 0 Å². The summed E-state index contributed by atoms with van der Waals surface area (Å²) >= 11 is 0.863. The van der Waals surface area contributed by atoms with Crippen molar-refractivity contribution in [3.05, 3.63) is 33.5 Å². The first-order chi connectivity index (χ1) is 14.5. The minimum atomic E-state index is -4.58. The van der Waals surface area contributed by atoms with Crippen LogP contribution in [0.4, 0.5) is 18.2 Å². The number of nitrogens with one attached hydrogen (secondary N) is 1. The molecule has 0 saturated heterocycles. The molecule has 0 unspecified atom stereocenters. The molecule has 0 saturated carbocycles. The van der Waals surface area contributed by atoms with E-state index in [0.29, 0.717) is 12.0 Å². The van der Waals surface area contributed by atoms with Gasteiger partial charge in [-0.25, -0.2) is 9.59 Å². The number of nitrogens with zero attached hydrogens (tertiary/aromatic N) is 2. The van der Waals surface area contributed by atoms with Crippen molar-refractivity contribution in [2.24, 2.45) is 0 Å². The maximum atomic E-state index is 12.8. The number of alkyl halides is 3. The van der Waals surface area contributed by atoms with Gasteiger partial charge >= 0.3 is 18.1 Å². The summed E-state index contributed by atoms with van der Waals surface area (Å²) in [5.41, 5.74) is -0.431. The number of esters is 2. The van der Waals surface area contributed by atoms with Crippen LogP contribution in [-0.2, 0) is 27.0 Å². The minimum Gasteiger partial charge on any atom is -0.465 e. The number of aryl methyl sites for hydroxylation is 2. The number of anilines is 1. The van der Waals surface area contributed by atoms with Gasteiger partial charge < -0.3 is 14.8 Å². The molecule has 0 aliphatic heterocycles. The topological polar surface area (TPSA) is 99.5 Å². The molecule has 170 valence electrons. The van der Waals surface area contributed by atoms with Crippen molar-refractivity contribution in [1.29, 1.82) is 0 Å². The number of carbonyl (C=O) groups is 3. The Balaban J connectivity index is 2.19. The number of amides is 1. The van der Waals surface area contributed by atoms with E-state index in [2.05, 4.69) is 10.4 Å². The summed E-state index contributed by atoms with van der Waals surface area (Å²) < 4.78 is 49.2. The summed E-state index contributed by atoms with van der Waals surface area (Å²) in [5, 5.41) is 6.12. The van der Waals surface area contributed by atoms with Gasteiger partial charge in [0.15, 0.2) is 5.69 Å². The van der Waals surface area contributed by atoms with Gasteiger partial charge in [-0.05, 0) is 31.9 Å². The Labute approximate surface area is 180 Å². The zero-order valence-corrected chi connectivity index (χ0v) is 18.2. The molecule has 12 heteroatoms. The molecule has 0 aliphatic rings. The van der Waals surface area contributed by atoms with Crippen molar-refractivity contribution < 1.29 is 37.0 Å². The Morgan fingerprint density at radius 3 is 2.45 bits per heavy atom. The first kappa shape index (κ1) is 24.4. The first-order valence-electron chi connectivity index (χ1n) is 9.29. The summed E-state index contributed by atoms with van der Waals surface area (Å²) in [5.74, 6) is -1.93. The highest BCUT2D eigenvalue weighted by molar-refractivity contribution is 7.18. The second-order valence-corrected chi connectivity index (χ2v) is 7.60. The Kier molecular flexibility index (Phi) is 7.82. The van der Waals surface area contributed by atoms with Crippen LogP contribution in [0.1, 0.15) is 56.7 Å². The van der Waals surface area contributed by atoms with Crippen LogP contribution >= 0.6 is 11.3 Å². The van der Waals surface area contributed by atoms with E-state index in [9.17, 15) is 27.6 Å².